The quantitative estimate of drug-likeness (QED) is 0.691. The van der Waals surface area contributed by atoms with Crippen molar-refractivity contribution in [2.75, 3.05) is 32.7 Å². The Balaban J connectivity index is 1.51. The lowest BCUT2D eigenvalue weighted by Gasteiger charge is -2.43. The molecule has 0 aromatic heterocycles. The van der Waals surface area contributed by atoms with E-state index in [1.54, 1.807) is 0 Å². The summed E-state index contributed by atoms with van der Waals surface area (Å²) in [6, 6.07) is 0.153. The maximum absolute atomic E-state index is 12.6. The van der Waals surface area contributed by atoms with E-state index in [0.29, 0.717) is 5.91 Å². The third-order valence-corrected chi connectivity index (χ3v) is 6.19. The molecule has 2 amide bonds. The molecule has 3 rings (SSSR count). The molecule has 0 spiro atoms. The molecule has 2 aliphatic heterocycles. The maximum atomic E-state index is 12.6. The first-order chi connectivity index (χ1) is 10.7. The highest BCUT2D eigenvalue weighted by molar-refractivity contribution is 9.10. The first-order valence-electron chi connectivity index (χ1n) is 8.36. The van der Waals surface area contributed by atoms with Gasteiger partial charge in [0, 0.05) is 44.7 Å². The minimum Gasteiger partial charge on any atom is -0.340 e. The standard InChI is InChI=1S/C15H25BrN4O2/c16-13-12(10-17-18-14(13)21)19-6-8-20(9-7-19)15(22)11-4-2-1-3-5-11/h11-13,17H,1-10H2,(H,18,21). The summed E-state index contributed by atoms with van der Waals surface area (Å²) in [6.07, 6.45) is 5.81. The fraction of sp³-hybridized carbons (Fsp3) is 0.867. The van der Waals surface area contributed by atoms with Gasteiger partial charge in [0.1, 0.15) is 4.83 Å². The summed E-state index contributed by atoms with van der Waals surface area (Å²) < 4.78 is 0. The minimum atomic E-state index is -0.186. The largest absolute Gasteiger partial charge is 0.340 e. The molecule has 2 N–H and O–H groups in total. The van der Waals surface area contributed by atoms with Gasteiger partial charge < -0.3 is 4.90 Å². The summed E-state index contributed by atoms with van der Waals surface area (Å²) in [6.45, 7) is 4.00. The van der Waals surface area contributed by atoms with Crippen molar-refractivity contribution >= 4 is 27.7 Å². The minimum absolute atomic E-state index is 0.0167. The molecule has 1 aliphatic carbocycles. The van der Waals surface area contributed by atoms with Crippen LogP contribution in [0.2, 0.25) is 0 Å². The van der Waals surface area contributed by atoms with Crippen LogP contribution >= 0.6 is 15.9 Å². The Kier molecular flexibility index (Phi) is 5.36. The van der Waals surface area contributed by atoms with E-state index < -0.39 is 0 Å². The predicted octanol–water partition coefficient (Wildman–Crippen LogP) is 0.477. The third-order valence-electron chi connectivity index (χ3n) is 5.16. The fourth-order valence-electron chi connectivity index (χ4n) is 3.79. The van der Waals surface area contributed by atoms with E-state index in [1.165, 1.54) is 19.3 Å². The van der Waals surface area contributed by atoms with Gasteiger partial charge >= 0.3 is 0 Å². The monoisotopic (exact) mass is 372 g/mol. The molecule has 2 atom stereocenters. The Hall–Kier alpha value is -0.660. The zero-order valence-corrected chi connectivity index (χ0v) is 14.5. The molecule has 0 aromatic rings. The second-order valence-electron chi connectivity index (χ2n) is 6.54. The molecule has 3 fully saturated rings. The number of carbonyl (C=O) groups is 2. The number of rotatable bonds is 2. The van der Waals surface area contributed by atoms with Crippen molar-refractivity contribution in [3.63, 3.8) is 0 Å². The first kappa shape index (κ1) is 16.2. The number of hydrogen-bond donors (Lipinski definition) is 2. The van der Waals surface area contributed by atoms with Crippen molar-refractivity contribution in [1.29, 1.82) is 0 Å². The molecule has 0 radical (unpaired) electrons. The molecule has 124 valence electrons. The van der Waals surface area contributed by atoms with Crippen LogP contribution in [0.4, 0.5) is 0 Å². The van der Waals surface area contributed by atoms with Gasteiger partial charge in [-0.05, 0) is 12.8 Å². The van der Waals surface area contributed by atoms with Crippen molar-refractivity contribution in [3.8, 4) is 0 Å². The van der Waals surface area contributed by atoms with Gasteiger partial charge in [-0.3, -0.25) is 19.9 Å². The molecule has 0 bridgehead atoms. The first-order valence-corrected chi connectivity index (χ1v) is 9.28. The van der Waals surface area contributed by atoms with Gasteiger partial charge in [0.2, 0.25) is 11.8 Å². The van der Waals surface area contributed by atoms with Gasteiger partial charge in [0.25, 0.3) is 0 Å². The Labute approximate surface area is 140 Å². The van der Waals surface area contributed by atoms with E-state index in [4.69, 9.17) is 0 Å². The topological polar surface area (TPSA) is 64.7 Å². The lowest BCUT2D eigenvalue weighted by atomic mass is 9.88. The van der Waals surface area contributed by atoms with Crippen LogP contribution in [0.15, 0.2) is 0 Å². The number of halogens is 1. The lowest BCUT2D eigenvalue weighted by Crippen LogP contribution is -2.64. The van der Waals surface area contributed by atoms with Crippen LogP contribution in [0, 0.1) is 5.92 Å². The van der Waals surface area contributed by atoms with E-state index in [-0.39, 0.29) is 22.7 Å². The average molecular weight is 373 g/mol. The number of amides is 2. The highest BCUT2D eigenvalue weighted by Gasteiger charge is 2.36. The van der Waals surface area contributed by atoms with Gasteiger partial charge in [-0.2, -0.15) is 0 Å². The van der Waals surface area contributed by atoms with Crippen LogP contribution in [-0.2, 0) is 9.59 Å². The SMILES string of the molecule is O=C1NNCC(N2CCN(C(=O)C3CCCCC3)CC2)C1Br. The fourth-order valence-corrected chi connectivity index (χ4v) is 4.42. The predicted molar refractivity (Wildman–Crippen MR) is 87.4 cm³/mol. The van der Waals surface area contributed by atoms with Crippen LogP contribution in [0.1, 0.15) is 32.1 Å². The zero-order valence-electron chi connectivity index (χ0n) is 12.9. The van der Waals surface area contributed by atoms with Gasteiger partial charge in [-0.25, -0.2) is 5.43 Å². The number of carbonyl (C=O) groups excluding carboxylic acids is 2. The Morgan fingerprint density at radius 2 is 1.77 bits per heavy atom. The van der Waals surface area contributed by atoms with Crippen LogP contribution in [0.5, 0.6) is 0 Å². The molecule has 22 heavy (non-hydrogen) atoms. The van der Waals surface area contributed by atoms with Gasteiger partial charge in [0.05, 0.1) is 0 Å². The van der Waals surface area contributed by atoms with Gasteiger partial charge in [-0.1, -0.05) is 35.2 Å². The van der Waals surface area contributed by atoms with Crippen molar-refractivity contribution in [1.82, 2.24) is 20.7 Å². The smallest absolute Gasteiger partial charge is 0.249 e. The molecule has 7 heteroatoms. The van der Waals surface area contributed by atoms with Crippen molar-refractivity contribution in [2.24, 2.45) is 5.92 Å². The molecule has 2 heterocycles. The highest BCUT2D eigenvalue weighted by Crippen LogP contribution is 2.26. The Morgan fingerprint density at radius 1 is 1.09 bits per heavy atom. The maximum Gasteiger partial charge on any atom is 0.249 e. The van der Waals surface area contributed by atoms with Crippen molar-refractivity contribution < 1.29 is 9.59 Å². The number of nitrogens with zero attached hydrogens (tertiary/aromatic N) is 2. The molecule has 0 aromatic carbocycles. The summed E-state index contributed by atoms with van der Waals surface area (Å²) in [4.78, 5) is 28.5. The lowest BCUT2D eigenvalue weighted by molar-refractivity contribution is -0.139. The van der Waals surface area contributed by atoms with Gasteiger partial charge in [0.15, 0.2) is 0 Å². The highest BCUT2D eigenvalue weighted by atomic mass is 79.9. The summed E-state index contributed by atoms with van der Waals surface area (Å²) >= 11 is 3.49. The Bertz CT molecular complexity index is 420. The number of hydrazine groups is 1. The van der Waals surface area contributed by atoms with E-state index in [2.05, 4.69) is 31.7 Å². The van der Waals surface area contributed by atoms with Gasteiger partial charge in [-0.15, -0.1) is 0 Å². The number of hydrogen-bond acceptors (Lipinski definition) is 4. The van der Waals surface area contributed by atoms with Crippen LogP contribution in [-0.4, -0.2) is 65.2 Å². The summed E-state index contributed by atoms with van der Waals surface area (Å²) in [5.41, 5.74) is 5.59. The molecule has 1 saturated carbocycles. The Morgan fingerprint density at radius 3 is 2.45 bits per heavy atom. The molecule has 3 aliphatic rings. The molecule has 2 saturated heterocycles. The molecular formula is C15H25BrN4O2. The second kappa shape index (κ2) is 7.27. The van der Waals surface area contributed by atoms with E-state index in [9.17, 15) is 9.59 Å². The normalized spacial score (nSPS) is 31.9. The molecular weight excluding hydrogens is 348 g/mol. The number of nitrogens with one attached hydrogen (secondary N) is 2. The summed E-state index contributed by atoms with van der Waals surface area (Å²) in [5.74, 6) is 0.595. The molecule has 6 nitrogen and oxygen atoms in total. The van der Waals surface area contributed by atoms with Crippen LogP contribution in [0.25, 0.3) is 0 Å². The third kappa shape index (κ3) is 3.46. The average Bonchev–Trinajstić information content (AvgIpc) is 2.58. The van der Waals surface area contributed by atoms with E-state index in [0.717, 1.165) is 45.6 Å². The second-order valence-corrected chi connectivity index (χ2v) is 7.52. The van der Waals surface area contributed by atoms with Crippen LogP contribution in [0.3, 0.4) is 0 Å². The van der Waals surface area contributed by atoms with Crippen molar-refractivity contribution in [2.45, 2.75) is 43.0 Å². The number of alkyl halides is 1. The molecule has 2 unspecified atom stereocenters. The van der Waals surface area contributed by atoms with Crippen LogP contribution < -0.4 is 10.9 Å². The summed E-state index contributed by atoms with van der Waals surface area (Å²) in [5, 5.41) is 0. The van der Waals surface area contributed by atoms with E-state index >= 15 is 0 Å². The number of piperazine rings is 1. The zero-order chi connectivity index (χ0) is 15.5. The van der Waals surface area contributed by atoms with Crippen molar-refractivity contribution in [3.05, 3.63) is 0 Å². The van der Waals surface area contributed by atoms with E-state index in [1.807, 2.05) is 4.90 Å². The summed E-state index contributed by atoms with van der Waals surface area (Å²) in [7, 11) is 0.